The number of carbonyl (C=O) groups is 2. The molecule has 0 bridgehead atoms. The van der Waals surface area contributed by atoms with E-state index in [9.17, 15) is 19.2 Å². The van der Waals surface area contributed by atoms with Crippen LogP contribution in [0, 0.1) is 17.1 Å². The molecular formula is C25H28FN3O3S. The third kappa shape index (κ3) is 6.05. The fraction of sp³-hybridized carbons (Fsp3) is 0.400. The van der Waals surface area contributed by atoms with Crippen molar-refractivity contribution in [3.8, 4) is 6.07 Å². The van der Waals surface area contributed by atoms with Gasteiger partial charge in [-0.05, 0) is 25.8 Å². The van der Waals surface area contributed by atoms with Crippen LogP contribution < -0.4 is 10.6 Å². The lowest BCUT2D eigenvalue weighted by molar-refractivity contribution is -0.138. The van der Waals surface area contributed by atoms with Gasteiger partial charge >= 0.3 is 5.97 Å². The van der Waals surface area contributed by atoms with Crippen LogP contribution in [0.25, 0.3) is 0 Å². The van der Waals surface area contributed by atoms with Gasteiger partial charge in [0.1, 0.15) is 12.4 Å². The van der Waals surface area contributed by atoms with Gasteiger partial charge in [-0.25, -0.2) is 9.18 Å². The van der Waals surface area contributed by atoms with E-state index >= 15 is 0 Å². The summed E-state index contributed by atoms with van der Waals surface area (Å²) in [7, 11) is 0. The van der Waals surface area contributed by atoms with E-state index < -0.39 is 17.7 Å². The number of amides is 1. The second-order valence-corrected chi connectivity index (χ2v) is 9.04. The van der Waals surface area contributed by atoms with Crippen LogP contribution in [0.1, 0.15) is 50.5 Å². The van der Waals surface area contributed by atoms with Crippen LogP contribution in [0.3, 0.4) is 0 Å². The molecule has 1 aromatic carbocycles. The highest BCUT2D eigenvalue weighted by Gasteiger charge is 2.37. The van der Waals surface area contributed by atoms with Gasteiger partial charge in [-0.2, -0.15) is 5.26 Å². The van der Waals surface area contributed by atoms with E-state index in [2.05, 4.69) is 23.3 Å². The molecule has 33 heavy (non-hydrogen) atoms. The molecule has 8 heteroatoms. The Balaban J connectivity index is 1.88. The van der Waals surface area contributed by atoms with Gasteiger partial charge in [-0.15, -0.1) is 0 Å². The molecule has 3 rings (SSSR count). The molecule has 0 aromatic heterocycles. The Hall–Kier alpha value is -3.05. The average Bonchev–Trinajstić information content (AvgIpc) is 2.81. The van der Waals surface area contributed by atoms with Crippen molar-refractivity contribution in [3.63, 3.8) is 0 Å². The van der Waals surface area contributed by atoms with Crippen LogP contribution in [0.5, 0.6) is 0 Å². The van der Waals surface area contributed by atoms with Crippen molar-refractivity contribution in [2.24, 2.45) is 0 Å². The first-order valence-corrected chi connectivity index (χ1v) is 12.0. The third-order valence-corrected chi connectivity index (χ3v) is 6.75. The number of hydrogen-bond acceptors (Lipinski definition) is 6. The van der Waals surface area contributed by atoms with Crippen LogP contribution in [-0.2, 0) is 14.3 Å². The van der Waals surface area contributed by atoms with Crippen molar-refractivity contribution in [2.45, 2.75) is 51.0 Å². The summed E-state index contributed by atoms with van der Waals surface area (Å²) in [4.78, 5) is 25.3. The predicted octanol–water partition coefficient (Wildman–Crippen LogP) is 4.43. The van der Waals surface area contributed by atoms with E-state index in [0.29, 0.717) is 10.7 Å². The maximum Gasteiger partial charge on any atom is 0.337 e. The molecular weight excluding hydrogens is 441 g/mol. The first-order chi connectivity index (χ1) is 16.0. The molecule has 2 aliphatic rings. The van der Waals surface area contributed by atoms with Gasteiger partial charge in [0.05, 0.1) is 33.9 Å². The number of allylic oxidation sites excluding steroid dienone is 2. The second-order valence-electron chi connectivity index (χ2n) is 8.05. The topological polar surface area (TPSA) is 91.2 Å². The lowest BCUT2D eigenvalue weighted by Gasteiger charge is -2.29. The van der Waals surface area contributed by atoms with Crippen LogP contribution in [0.2, 0.25) is 0 Å². The number of nitriles is 1. The monoisotopic (exact) mass is 469 g/mol. The Kier molecular flexibility index (Phi) is 8.72. The van der Waals surface area contributed by atoms with Crippen LogP contribution in [-0.4, -0.2) is 30.3 Å². The van der Waals surface area contributed by atoms with E-state index in [4.69, 9.17) is 4.74 Å². The first kappa shape index (κ1) is 24.6. The standard InChI is InChI=1S/C25H28FN3O3S/c1-3-13-32-25(31)22-16(2)28-24(33-15-21(30)29-17-9-5-4-6-10-17)19(14-27)23(22)18-11-7-8-12-20(18)26/h3,7-8,11-12,17,23,28H,1,4-6,9-10,13,15H2,2H3,(H,29,30). The number of halogens is 1. The summed E-state index contributed by atoms with van der Waals surface area (Å²) in [6.07, 6.45) is 6.83. The number of thioether (sulfide) groups is 1. The minimum atomic E-state index is -0.946. The Morgan fingerprint density at radius 3 is 2.73 bits per heavy atom. The molecule has 1 heterocycles. The molecule has 1 atom stereocenters. The highest BCUT2D eigenvalue weighted by Crippen LogP contribution is 2.41. The molecule has 2 N–H and O–H groups in total. The molecule has 1 aliphatic heterocycles. The maximum absolute atomic E-state index is 14.8. The van der Waals surface area contributed by atoms with Gasteiger partial charge < -0.3 is 15.4 Å². The van der Waals surface area contributed by atoms with Crippen LogP contribution in [0.15, 0.2) is 58.8 Å². The summed E-state index contributed by atoms with van der Waals surface area (Å²) >= 11 is 1.18. The average molecular weight is 470 g/mol. The van der Waals surface area contributed by atoms with Gasteiger partial charge in [0.2, 0.25) is 5.91 Å². The maximum atomic E-state index is 14.8. The van der Waals surface area contributed by atoms with Gasteiger partial charge in [-0.1, -0.05) is 61.9 Å². The Labute approximate surface area is 198 Å². The van der Waals surface area contributed by atoms with E-state index in [-0.39, 0.29) is 41.0 Å². The minimum Gasteiger partial charge on any atom is -0.458 e. The zero-order chi connectivity index (χ0) is 23.8. The molecule has 0 radical (unpaired) electrons. The number of dihydropyridines is 1. The number of benzene rings is 1. The molecule has 1 saturated carbocycles. The lowest BCUT2D eigenvalue weighted by atomic mass is 9.82. The van der Waals surface area contributed by atoms with Crippen molar-refractivity contribution in [3.05, 3.63) is 70.2 Å². The van der Waals surface area contributed by atoms with Crippen LogP contribution in [0.4, 0.5) is 4.39 Å². The number of rotatable bonds is 8. The minimum absolute atomic E-state index is 0.00580. The number of esters is 1. The summed E-state index contributed by atoms with van der Waals surface area (Å²) in [5.74, 6) is -2.13. The molecule has 1 aromatic rings. The SMILES string of the molecule is C=CCOC(=O)C1=C(C)NC(SCC(=O)NC2CCCCC2)=C(C#N)C1c1ccccc1F. The Bertz CT molecular complexity index is 1020. The quantitative estimate of drug-likeness (QED) is 0.432. The van der Waals surface area contributed by atoms with Crippen molar-refractivity contribution in [1.29, 1.82) is 5.26 Å². The Morgan fingerprint density at radius 1 is 1.33 bits per heavy atom. The van der Waals surface area contributed by atoms with Crippen molar-refractivity contribution >= 4 is 23.6 Å². The normalized spacial score (nSPS) is 18.9. The largest absolute Gasteiger partial charge is 0.458 e. The van der Waals surface area contributed by atoms with Crippen molar-refractivity contribution in [1.82, 2.24) is 10.6 Å². The van der Waals surface area contributed by atoms with Gasteiger partial charge in [-0.3, -0.25) is 4.79 Å². The highest BCUT2D eigenvalue weighted by molar-refractivity contribution is 8.03. The van der Waals surface area contributed by atoms with Crippen LogP contribution >= 0.6 is 11.8 Å². The zero-order valence-electron chi connectivity index (χ0n) is 18.7. The van der Waals surface area contributed by atoms with Gasteiger partial charge in [0, 0.05) is 17.3 Å². The number of ether oxygens (including phenoxy) is 1. The molecule has 1 aliphatic carbocycles. The lowest BCUT2D eigenvalue weighted by Crippen LogP contribution is -2.37. The van der Waals surface area contributed by atoms with Gasteiger partial charge in [0.15, 0.2) is 0 Å². The molecule has 1 unspecified atom stereocenters. The summed E-state index contributed by atoms with van der Waals surface area (Å²) in [6.45, 7) is 5.21. The summed E-state index contributed by atoms with van der Waals surface area (Å²) in [5, 5.41) is 16.6. The first-order valence-electron chi connectivity index (χ1n) is 11.0. The van der Waals surface area contributed by atoms with E-state index in [0.717, 1.165) is 25.7 Å². The summed E-state index contributed by atoms with van der Waals surface area (Å²) in [5.41, 5.74) is 0.984. The molecule has 1 amide bonds. The third-order valence-electron chi connectivity index (χ3n) is 5.73. The predicted molar refractivity (Wildman–Crippen MR) is 126 cm³/mol. The smallest absolute Gasteiger partial charge is 0.337 e. The molecule has 174 valence electrons. The number of carbonyl (C=O) groups excluding carboxylic acids is 2. The van der Waals surface area contributed by atoms with E-state index in [1.807, 2.05) is 0 Å². The summed E-state index contributed by atoms with van der Waals surface area (Å²) in [6, 6.07) is 8.37. The zero-order valence-corrected chi connectivity index (χ0v) is 19.5. The molecule has 1 fully saturated rings. The highest BCUT2D eigenvalue weighted by atomic mass is 32.2. The van der Waals surface area contributed by atoms with Gasteiger partial charge in [0.25, 0.3) is 0 Å². The number of hydrogen-bond donors (Lipinski definition) is 2. The fourth-order valence-corrected chi connectivity index (χ4v) is 5.09. The van der Waals surface area contributed by atoms with E-state index in [1.54, 1.807) is 25.1 Å². The molecule has 0 saturated heterocycles. The molecule has 6 nitrogen and oxygen atoms in total. The fourth-order valence-electron chi connectivity index (χ4n) is 4.18. The Morgan fingerprint density at radius 2 is 2.06 bits per heavy atom. The number of nitrogens with zero attached hydrogens (tertiary/aromatic N) is 1. The summed E-state index contributed by atoms with van der Waals surface area (Å²) < 4.78 is 20.0. The number of nitrogens with one attached hydrogen (secondary N) is 2. The van der Waals surface area contributed by atoms with Crippen molar-refractivity contribution in [2.75, 3.05) is 12.4 Å². The van der Waals surface area contributed by atoms with E-state index in [1.165, 1.54) is 30.3 Å². The molecule has 0 spiro atoms. The second kappa shape index (κ2) is 11.7. The van der Waals surface area contributed by atoms with Crippen molar-refractivity contribution < 1.29 is 18.7 Å².